The van der Waals surface area contributed by atoms with Crippen molar-refractivity contribution in [3.63, 3.8) is 0 Å². The van der Waals surface area contributed by atoms with Crippen molar-refractivity contribution in [2.75, 3.05) is 0 Å². The van der Waals surface area contributed by atoms with E-state index in [1.807, 2.05) is 13.8 Å². The Hall–Kier alpha value is -1.51. The Morgan fingerprint density at radius 2 is 1.78 bits per heavy atom. The Kier molecular flexibility index (Phi) is 3.55. The van der Waals surface area contributed by atoms with Gasteiger partial charge < -0.3 is 10.2 Å². The highest BCUT2D eigenvalue weighted by atomic mass is 16.3. The summed E-state index contributed by atoms with van der Waals surface area (Å²) in [6.45, 7) is 10.6. The normalized spacial score (nSPS) is 29.3. The first-order valence-electron chi connectivity index (χ1n) is 8.68. The lowest BCUT2D eigenvalue weighted by Gasteiger charge is -2.53. The molecule has 0 unspecified atom stereocenters. The minimum atomic E-state index is -0.249. The van der Waals surface area contributed by atoms with Crippen molar-refractivity contribution < 1.29 is 15.0 Å². The molecule has 0 aliphatic heterocycles. The van der Waals surface area contributed by atoms with Crippen LogP contribution in [0.2, 0.25) is 0 Å². The molecule has 3 heteroatoms. The van der Waals surface area contributed by atoms with Crippen LogP contribution in [-0.4, -0.2) is 16.0 Å². The molecule has 0 saturated heterocycles. The summed E-state index contributed by atoms with van der Waals surface area (Å²) in [6.07, 6.45) is 2.91. The number of carbonyl (C=O) groups is 1. The van der Waals surface area contributed by atoms with E-state index in [0.717, 1.165) is 29.5 Å². The molecule has 1 fully saturated rings. The van der Waals surface area contributed by atoms with Crippen molar-refractivity contribution in [3.8, 4) is 11.5 Å². The van der Waals surface area contributed by atoms with Crippen molar-refractivity contribution in [2.45, 2.75) is 71.6 Å². The number of hydrogen-bond donors (Lipinski definition) is 2. The number of aromatic hydroxyl groups is 2. The molecule has 1 aromatic rings. The monoisotopic (exact) mass is 316 g/mol. The zero-order valence-corrected chi connectivity index (χ0v) is 14.9. The van der Waals surface area contributed by atoms with Crippen LogP contribution in [0.5, 0.6) is 11.5 Å². The topological polar surface area (TPSA) is 57.5 Å². The molecule has 3 rings (SSSR count). The third-order valence-corrected chi connectivity index (χ3v) is 6.26. The molecule has 1 saturated carbocycles. The van der Waals surface area contributed by atoms with Gasteiger partial charge in [0.05, 0.1) is 0 Å². The van der Waals surface area contributed by atoms with E-state index in [0.29, 0.717) is 24.5 Å². The molecule has 0 bridgehead atoms. The van der Waals surface area contributed by atoms with Gasteiger partial charge in [0.2, 0.25) is 0 Å². The number of phenolic OH excluding ortho intramolecular Hbond substituents is 2. The number of fused-ring (bicyclic) bond motifs is 3. The number of ketones is 1. The first-order chi connectivity index (χ1) is 10.6. The van der Waals surface area contributed by atoms with Crippen LogP contribution in [0.3, 0.4) is 0 Å². The second-order valence-electron chi connectivity index (χ2n) is 8.73. The Labute approximate surface area is 138 Å². The zero-order chi connectivity index (χ0) is 17.2. The van der Waals surface area contributed by atoms with Crippen molar-refractivity contribution >= 4 is 5.78 Å². The van der Waals surface area contributed by atoms with Gasteiger partial charge in [-0.05, 0) is 35.7 Å². The van der Waals surface area contributed by atoms with Crippen LogP contribution in [-0.2, 0) is 16.6 Å². The van der Waals surface area contributed by atoms with E-state index in [2.05, 4.69) is 26.8 Å². The summed E-state index contributed by atoms with van der Waals surface area (Å²) in [5.41, 5.74) is 2.43. The molecule has 0 aromatic heterocycles. The molecule has 1 aromatic carbocycles. The van der Waals surface area contributed by atoms with Crippen molar-refractivity contribution in [2.24, 2.45) is 11.3 Å². The molecule has 2 N–H and O–H groups in total. The summed E-state index contributed by atoms with van der Waals surface area (Å²) in [7, 11) is 0. The quantitative estimate of drug-likeness (QED) is 0.754. The summed E-state index contributed by atoms with van der Waals surface area (Å²) in [6, 6.07) is 2.05. The second-order valence-corrected chi connectivity index (χ2v) is 8.73. The van der Waals surface area contributed by atoms with E-state index in [9.17, 15) is 15.0 Å². The zero-order valence-electron chi connectivity index (χ0n) is 14.9. The number of benzene rings is 1. The number of Topliss-reactive ketones (excluding diaryl/α,β-unsaturated/α-hetero) is 1. The van der Waals surface area contributed by atoms with E-state index < -0.39 is 0 Å². The highest BCUT2D eigenvalue weighted by molar-refractivity contribution is 5.82. The lowest BCUT2D eigenvalue weighted by atomic mass is 9.50. The van der Waals surface area contributed by atoms with E-state index in [1.54, 1.807) is 0 Å². The fourth-order valence-electron chi connectivity index (χ4n) is 5.29. The number of phenols is 2. The maximum atomic E-state index is 12.4. The van der Waals surface area contributed by atoms with Gasteiger partial charge >= 0.3 is 0 Å². The Bertz CT molecular complexity index is 672. The summed E-state index contributed by atoms with van der Waals surface area (Å²) < 4.78 is 0. The van der Waals surface area contributed by atoms with Gasteiger partial charge in [0.1, 0.15) is 5.78 Å². The summed E-state index contributed by atoms with van der Waals surface area (Å²) in [5.74, 6) is 0.899. The summed E-state index contributed by atoms with van der Waals surface area (Å²) >= 11 is 0. The molecule has 2 atom stereocenters. The van der Waals surface area contributed by atoms with Crippen LogP contribution >= 0.6 is 0 Å². The van der Waals surface area contributed by atoms with Gasteiger partial charge in [-0.25, -0.2) is 0 Å². The number of carbonyl (C=O) groups excluding carboxylic acids is 1. The predicted molar refractivity (Wildman–Crippen MR) is 91.0 cm³/mol. The molecule has 3 nitrogen and oxygen atoms in total. The Morgan fingerprint density at radius 3 is 2.39 bits per heavy atom. The van der Waals surface area contributed by atoms with Gasteiger partial charge in [0, 0.05) is 29.4 Å². The highest BCUT2D eigenvalue weighted by Crippen LogP contribution is 2.58. The van der Waals surface area contributed by atoms with Gasteiger partial charge in [-0.1, -0.05) is 40.7 Å². The van der Waals surface area contributed by atoms with E-state index in [-0.39, 0.29) is 28.2 Å². The molecule has 2 aliphatic rings. The third kappa shape index (κ3) is 2.28. The van der Waals surface area contributed by atoms with E-state index in [4.69, 9.17) is 0 Å². The van der Waals surface area contributed by atoms with Crippen LogP contribution in [0.1, 0.15) is 76.5 Å². The van der Waals surface area contributed by atoms with Gasteiger partial charge in [-0.15, -0.1) is 0 Å². The average molecular weight is 316 g/mol. The Balaban J connectivity index is 2.24. The van der Waals surface area contributed by atoms with Gasteiger partial charge in [0.15, 0.2) is 11.5 Å². The highest BCUT2D eigenvalue weighted by Gasteiger charge is 2.53. The molecule has 0 spiro atoms. The van der Waals surface area contributed by atoms with E-state index >= 15 is 0 Å². The van der Waals surface area contributed by atoms with Crippen molar-refractivity contribution in [3.05, 3.63) is 22.8 Å². The van der Waals surface area contributed by atoms with Gasteiger partial charge in [0.25, 0.3) is 0 Å². The first-order valence-corrected chi connectivity index (χ1v) is 8.68. The maximum Gasteiger partial charge on any atom is 0.161 e. The first kappa shape index (κ1) is 16.4. The molecular weight excluding hydrogens is 288 g/mol. The smallest absolute Gasteiger partial charge is 0.161 e. The minimum absolute atomic E-state index is 0.0159. The number of hydrogen-bond acceptors (Lipinski definition) is 3. The van der Waals surface area contributed by atoms with Gasteiger partial charge in [-0.2, -0.15) is 0 Å². The lowest BCUT2D eigenvalue weighted by Crippen LogP contribution is -2.50. The molecule has 0 radical (unpaired) electrons. The molecule has 23 heavy (non-hydrogen) atoms. The van der Waals surface area contributed by atoms with Crippen LogP contribution < -0.4 is 0 Å². The van der Waals surface area contributed by atoms with Gasteiger partial charge in [-0.3, -0.25) is 4.79 Å². The fourth-order valence-corrected chi connectivity index (χ4v) is 5.29. The van der Waals surface area contributed by atoms with Crippen molar-refractivity contribution in [1.82, 2.24) is 0 Å². The molecule has 0 heterocycles. The predicted octanol–water partition coefficient (Wildman–Crippen LogP) is 4.43. The van der Waals surface area contributed by atoms with Crippen LogP contribution in [0.25, 0.3) is 0 Å². The molecule has 2 aliphatic carbocycles. The average Bonchev–Trinajstić information content (AvgIpc) is 2.40. The molecule has 0 amide bonds. The fraction of sp³-hybridized carbons (Fsp3) is 0.650. The second kappa shape index (κ2) is 4.99. The van der Waals surface area contributed by atoms with Crippen LogP contribution in [0, 0.1) is 11.3 Å². The molecular formula is C20H28O3. The minimum Gasteiger partial charge on any atom is -0.504 e. The lowest BCUT2D eigenvalue weighted by molar-refractivity contribution is -0.129. The third-order valence-electron chi connectivity index (χ3n) is 6.26. The largest absolute Gasteiger partial charge is 0.504 e. The summed E-state index contributed by atoms with van der Waals surface area (Å²) in [5, 5.41) is 20.9. The standard InChI is InChI=1S/C20H28O3/c1-11(2)14-8-15-13(17(22)18(14)23)6-7-16-19(3,4)9-12(21)10-20(15,16)5/h8,11,16,22-23H,6-7,9-10H2,1-5H3/t16-,20+/m0/s1. The van der Waals surface area contributed by atoms with Crippen LogP contribution in [0.15, 0.2) is 6.07 Å². The summed E-state index contributed by atoms with van der Waals surface area (Å²) in [4.78, 5) is 12.4. The number of rotatable bonds is 1. The molecule has 126 valence electrons. The Morgan fingerprint density at radius 1 is 1.13 bits per heavy atom. The maximum absolute atomic E-state index is 12.4. The van der Waals surface area contributed by atoms with Crippen LogP contribution in [0.4, 0.5) is 0 Å². The van der Waals surface area contributed by atoms with E-state index in [1.165, 1.54) is 0 Å². The SMILES string of the molecule is CC(C)c1cc2c(c(O)c1O)CC[C@H]1C(C)(C)CC(=O)C[C@]21C. The van der Waals surface area contributed by atoms with Crippen molar-refractivity contribution in [1.29, 1.82) is 0 Å².